The number of nitrogens with zero attached hydrogens (tertiary/aromatic N) is 3. The molecule has 0 aliphatic heterocycles. The summed E-state index contributed by atoms with van der Waals surface area (Å²) >= 11 is 2.71. The van der Waals surface area contributed by atoms with Crippen LogP contribution in [0.15, 0.2) is 58.5 Å². The van der Waals surface area contributed by atoms with E-state index in [1.54, 1.807) is 10.6 Å². The third kappa shape index (κ3) is 3.79. The van der Waals surface area contributed by atoms with E-state index in [1.165, 1.54) is 23.1 Å². The van der Waals surface area contributed by atoms with Gasteiger partial charge in [-0.25, -0.2) is 9.97 Å². The summed E-state index contributed by atoms with van der Waals surface area (Å²) in [7, 11) is 0. The number of amides is 1. The molecule has 8 heteroatoms. The highest BCUT2D eigenvalue weighted by Crippen LogP contribution is 2.26. The molecule has 0 spiro atoms. The van der Waals surface area contributed by atoms with Crippen molar-refractivity contribution in [2.45, 2.75) is 25.0 Å². The van der Waals surface area contributed by atoms with E-state index in [2.05, 4.69) is 15.3 Å². The molecule has 0 unspecified atom stereocenters. The lowest BCUT2D eigenvalue weighted by molar-refractivity contribution is -0.113. The van der Waals surface area contributed by atoms with Gasteiger partial charge in [0.25, 0.3) is 5.56 Å². The molecule has 2 aromatic heterocycles. The van der Waals surface area contributed by atoms with Gasteiger partial charge < -0.3 is 5.32 Å². The van der Waals surface area contributed by atoms with Crippen LogP contribution in [0.1, 0.15) is 13.3 Å². The van der Waals surface area contributed by atoms with Gasteiger partial charge in [-0.2, -0.15) is 0 Å². The highest BCUT2D eigenvalue weighted by atomic mass is 32.2. The van der Waals surface area contributed by atoms with Gasteiger partial charge >= 0.3 is 0 Å². The zero-order valence-electron chi connectivity index (χ0n) is 15.2. The third-order valence-corrected chi connectivity index (χ3v) is 6.07. The predicted octanol–water partition coefficient (Wildman–Crippen LogP) is 4.15. The molecular formula is C20H18N4O2S2. The van der Waals surface area contributed by atoms with Crippen molar-refractivity contribution in [1.82, 2.24) is 14.5 Å². The van der Waals surface area contributed by atoms with Crippen LogP contribution in [0.3, 0.4) is 0 Å². The monoisotopic (exact) mass is 410 g/mol. The molecule has 142 valence electrons. The Hall–Kier alpha value is -2.71. The summed E-state index contributed by atoms with van der Waals surface area (Å²) in [5, 5.41) is 4.57. The summed E-state index contributed by atoms with van der Waals surface area (Å²) in [5.41, 5.74) is 1.44. The van der Waals surface area contributed by atoms with E-state index in [-0.39, 0.29) is 17.2 Å². The zero-order valence-corrected chi connectivity index (χ0v) is 16.8. The van der Waals surface area contributed by atoms with E-state index in [0.717, 1.165) is 16.6 Å². The Balaban J connectivity index is 1.53. The van der Waals surface area contributed by atoms with Crippen LogP contribution in [-0.2, 0) is 11.3 Å². The van der Waals surface area contributed by atoms with Crippen molar-refractivity contribution in [2.24, 2.45) is 0 Å². The van der Waals surface area contributed by atoms with Gasteiger partial charge in [0, 0.05) is 6.54 Å². The Morgan fingerprint density at radius 1 is 1.11 bits per heavy atom. The number of para-hydroxylation sites is 2. The molecule has 1 amide bonds. The number of anilines is 1. The summed E-state index contributed by atoms with van der Waals surface area (Å²) in [5.74, 6) is -0.0146. The van der Waals surface area contributed by atoms with Crippen LogP contribution in [0.4, 0.5) is 5.13 Å². The van der Waals surface area contributed by atoms with Crippen LogP contribution in [0.5, 0.6) is 0 Å². The van der Waals surface area contributed by atoms with Crippen molar-refractivity contribution >= 4 is 55.3 Å². The number of carbonyl (C=O) groups excluding carboxylic acids is 1. The highest BCUT2D eigenvalue weighted by molar-refractivity contribution is 7.99. The second-order valence-corrected chi connectivity index (χ2v) is 8.17. The minimum atomic E-state index is -0.172. The summed E-state index contributed by atoms with van der Waals surface area (Å²) in [6.45, 7) is 2.58. The molecule has 6 nitrogen and oxygen atoms in total. The third-order valence-electron chi connectivity index (χ3n) is 4.15. The van der Waals surface area contributed by atoms with E-state index in [4.69, 9.17) is 0 Å². The molecule has 4 rings (SSSR count). The fourth-order valence-corrected chi connectivity index (χ4v) is 4.60. The number of nitrogens with one attached hydrogen (secondary N) is 1. The van der Waals surface area contributed by atoms with Crippen molar-refractivity contribution in [3.8, 4) is 0 Å². The Labute approximate surface area is 169 Å². The zero-order chi connectivity index (χ0) is 19.5. The number of thiazole rings is 1. The largest absolute Gasteiger partial charge is 0.301 e. The molecule has 2 aromatic carbocycles. The van der Waals surface area contributed by atoms with E-state index in [9.17, 15) is 9.59 Å². The van der Waals surface area contributed by atoms with Gasteiger partial charge in [0.1, 0.15) is 0 Å². The number of thioether (sulfide) groups is 1. The van der Waals surface area contributed by atoms with Gasteiger partial charge in [0.15, 0.2) is 10.3 Å². The number of aromatic nitrogens is 3. The number of benzene rings is 2. The summed E-state index contributed by atoms with van der Waals surface area (Å²) in [4.78, 5) is 34.2. The lowest BCUT2D eigenvalue weighted by atomic mass is 10.2. The molecule has 4 aromatic rings. The maximum atomic E-state index is 12.8. The van der Waals surface area contributed by atoms with Gasteiger partial charge in [0.05, 0.1) is 26.9 Å². The molecule has 0 radical (unpaired) electrons. The van der Waals surface area contributed by atoms with Gasteiger partial charge in [-0.05, 0) is 30.7 Å². The van der Waals surface area contributed by atoms with Crippen molar-refractivity contribution < 1.29 is 4.79 Å². The topological polar surface area (TPSA) is 76.9 Å². The predicted molar refractivity (Wildman–Crippen MR) is 115 cm³/mol. The molecule has 0 saturated carbocycles. The fourth-order valence-electron chi connectivity index (χ4n) is 2.89. The van der Waals surface area contributed by atoms with Gasteiger partial charge in [0.2, 0.25) is 5.91 Å². The quantitative estimate of drug-likeness (QED) is 0.382. The Bertz CT molecular complexity index is 1180. The van der Waals surface area contributed by atoms with Gasteiger partial charge in [-0.1, -0.05) is 54.3 Å². The molecule has 1 N–H and O–H groups in total. The Kier molecular flexibility index (Phi) is 5.40. The first-order chi connectivity index (χ1) is 13.7. The van der Waals surface area contributed by atoms with Gasteiger partial charge in [-0.3, -0.25) is 14.2 Å². The SMILES string of the molecule is CCCn1c(SCC(=O)Nc2nc3ccccc3s2)nc2ccccc2c1=O. The first-order valence-corrected chi connectivity index (χ1v) is 10.7. The first kappa shape index (κ1) is 18.6. The number of hydrogen-bond donors (Lipinski definition) is 1. The van der Waals surface area contributed by atoms with Crippen molar-refractivity contribution in [1.29, 1.82) is 0 Å². The molecule has 28 heavy (non-hydrogen) atoms. The van der Waals surface area contributed by atoms with Crippen molar-refractivity contribution in [2.75, 3.05) is 11.1 Å². The first-order valence-electron chi connectivity index (χ1n) is 8.93. The second-order valence-electron chi connectivity index (χ2n) is 6.19. The van der Waals surface area contributed by atoms with Crippen LogP contribution in [-0.4, -0.2) is 26.2 Å². The highest BCUT2D eigenvalue weighted by Gasteiger charge is 2.14. The fraction of sp³-hybridized carbons (Fsp3) is 0.200. The summed E-state index contributed by atoms with van der Waals surface area (Å²) in [6.07, 6.45) is 0.811. The van der Waals surface area contributed by atoms with Crippen LogP contribution in [0, 0.1) is 0 Å². The number of fused-ring (bicyclic) bond motifs is 2. The molecule has 0 atom stereocenters. The number of hydrogen-bond acceptors (Lipinski definition) is 6. The van der Waals surface area contributed by atoms with E-state index < -0.39 is 0 Å². The van der Waals surface area contributed by atoms with Crippen LogP contribution in [0.2, 0.25) is 0 Å². The average molecular weight is 411 g/mol. The smallest absolute Gasteiger partial charge is 0.262 e. The summed E-state index contributed by atoms with van der Waals surface area (Å²) in [6, 6.07) is 15.0. The summed E-state index contributed by atoms with van der Waals surface area (Å²) < 4.78 is 2.68. The van der Waals surface area contributed by atoms with E-state index in [1.807, 2.05) is 49.4 Å². The van der Waals surface area contributed by atoms with Crippen molar-refractivity contribution in [3.05, 3.63) is 58.9 Å². The van der Waals surface area contributed by atoms with Crippen LogP contribution < -0.4 is 10.9 Å². The normalized spacial score (nSPS) is 11.2. The number of rotatable bonds is 6. The molecule has 0 aliphatic carbocycles. The second kappa shape index (κ2) is 8.12. The van der Waals surface area contributed by atoms with E-state index >= 15 is 0 Å². The van der Waals surface area contributed by atoms with Crippen molar-refractivity contribution in [3.63, 3.8) is 0 Å². The maximum Gasteiger partial charge on any atom is 0.262 e. The van der Waals surface area contributed by atoms with Gasteiger partial charge in [-0.15, -0.1) is 0 Å². The molecule has 0 aliphatic rings. The average Bonchev–Trinajstić information content (AvgIpc) is 3.11. The molecule has 0 bridgehead atoms. The lowest BCUT2D eigenvalue weighted by Crippen LogP contribution is -2.24. The standard InChI is InChI=1S/C20H18N4O2S2/c1-2-11-24-18(26)13-7-3-4-8-14(13)22-20(24)27-12-17(25)23-19-21-15-9-5-6-10-16(15)28-19/h3-10H,2,11-12H2,1H3,(H,21,23,25). The molecule has 2 heterocycles. The molecular weight excluding hydrogens is 392 g/mol. The van der Waals surface area contributed by atoms with E-state index in [0.29, 0.717) is 27.7 Å². The molecule has 0 fully saturated rings. The maximum absolute atomic E-state index is 12.8. The molecule has 0 saturated heterocycles. The van der Waals surface area contributed by atoms with Crippen LogP contribution >= 0.6 is 23.1 Å². The Morgan fingerprint density at radius 2 is 1.86 bits per heavy atom. The lowest BCUT2D eigenvalue weighted by Gasteiger charge is -2.12. The Morgan fingerprint density at radius 3 is 2.64 bits per heavy atom. The number of carbonyl (C=O) groups is 1. The minimum Gasteiger partial charge on any atom is -0.301 e. The minimum absolute atomic E-state index is 0.0680. The van der Waals surface area contributed by atoms with Crippen LogP contribution in [0.25, 0.3) is 21.1 Å².